The smallest absolute Gasteiger partial charge is 0.261 e. The van der Waals surface area contributed by atoms with E-state index < -0.39 is 17.3 Å². The number of hydrogen-bond acceptors (Lipinski definition) is 4. The largest absolute Gasteiger partial charge is 0.461 e. The fraction of sp³-hybridized carbons (Fsp3) is 0.250. The summed E-state index contributed by atoms with van der Waals surface area (Å²) in [4.78, 5) is 24.3. The first kappa shape index (κ1) is 13.6. The van der Waals surface area contributed by atoms with Gasteiger partial charge in [-0.3, -0.25) is 9.59 Å². The van der Waals surface area contributed by atoms with Gasteiger partial charge in [0.15, 0.2) is 11.4 Å². The standard InChI is InChI=1S/C16H15NO4/c1-9-6-10(2)14-11(7-9)16(20,15(19)17-14)8-12(18)13-4-3-5-21-13/h3-7,20H,8H2,1-2H3,(H,17,19)/t16-/m1/s1. The Labute approximate surface area is 121 Å². The Kier molecular flexibility index (Phi) is 2.95. The first-order valence-corrected chi connectivity index (χ1v) is 6.64. The summed E-state index contributed by atoms with van der Waals surface area (Å²) in [6.45, 7) is 3.73. The van der Waals surface area contributed by atoms with Crippen LogP contribution in [0.15, 0.2) is 34.9 Å². The molecule has 1 aromatic carbocycles. The summed E-state index contributed by atoms with van der Waals surface area (Å²) in [5.74, 6) is -0.857. The zero-order valence-corrected chi connectivity index (χ0v) is 11.8. The van der Waals surface area contributed by atoms with Gasteiger partial charge >= 0.3 is 0 Å². The molecule has 2 heterocycles. The Balaban J connectivity index is 2.02. The van der Waals surface area contributed by atoms with E-state index in [0.29, 0.717) is 11.3 Å². The molecule has 0 bridgehead atoms. The number of carbonyl (C=O) groups excluding carboxylic acids is 2. The van der Waals surface area contributed by atoms with E-state index >= 15 is 0 Å². The van der Waals surface area contributed by atoms with Crippen molar-refractivity contribution in [3.63, 3.8) is 0 Å². The van der Waals surface area contributed by atoms with Crippen LogP contribution < -0.4 is 5.32 Å². The van der Waals surface area contributed by atoms with Gasteiger partial charge in [0.25, 0.3) is 5.91 Å². The highest BCUT2D eigenvalue weighted by Gasteiger charge is 2.47. The lowest BCUT2D eigenvalue weighted by Crippen LogP contribution is -2.36. The quantitative estimate of drug-likeness (QED) is 0.848. The maximum atomic E-state index is 12.2. The number of amides is 1. The van der Waals surface area contributed by atoms with Crippen molar-refractivity contribution >= 4 is 17.4 Å². The highest BCUT2D eigenvalue weighted by molar-refractivity contribution is 6.09. The van der Waals surface area contributed by atoms with Crippen LogP contribution >= 0.6 is 0 Å². The second-order valence-electron chi connectivity index (χ2n) is 5.40. The molecular formula is C16H15NO4. The zero-order chi connectivity index (χ0) is 15.2. The number of hydrogen-bond donors (Lipinski definition) is 2. The normalized spacial score (nSPS) is 20.2. The summed E-state index contributed by atoms with van der Waals surface area (Å²) >= 11 is 0. The minimum atomic E-state index is -1.85. The van der Waals surface area contributed by atoms with Crippen LogP contribution in [0.3, 0.4) is 0 Å². The third kappa shape index (κ3) is 2.06. The summed E-state index contributed by atoms with van der Waals surface area (Å²) in [5.41, 5.74) is 0.965. The molecular weight excluding hydrogens is 270 g/mol. The molecule has 0 spiro atoms. The fourth-order valence-corrected chi connectivity index (χ4v) is 2.73. The molecule has 5 nitrogen and oxygen atoms in total. The van der Waals surface area contributed by atoms with E-state index in [1.54, 1.807) is 12.1 Å². The average Bonchev–Trinajstić information content (AvgIpc) is 3.01. The number of fused-ring (bicyclic) bond motifs is 1. The number of Topliss-reactive ketones (excluding diaryl/α,β-unsaturated/α-hetero) is 1. The predicted molar refractivity (Wildman–Crippen MR) is 76.1 cm³/mol. The molecule has 0 fully saturated rings. The number of aryl methyl sites for hydroxylation is 2. The molecule has 21 heavy (non-hydrogen) atoms. The molecule has 1 aromatic heterocycles. The number of nitrogens with one attached hydrogen (secondary N) is 1. The van der Waals surface area contributed by atoms with Gasteiger partial charge in [-0.15, -0.1) is 0 Å². The first-order chi connectivity index (χ1) is 9.91. The minimum absolute atomic E-state index is 0.133. The predicted octanol–water partition coefficient (Wildman–Crippen LogP) is 2.31. The lowest BCUT2D eigenvalue weighted by atomic mass is 9.87. The van der Waals surface area contributed by atoms with Gasteiger partial charge in [0.05, 0.1) is 18.4 Å². The van der Waals surface area contributed by atoms with Crippen molar-refractivity contribution in [2.75, 3.05) is 5.32 Å². The van der Waals surface area contributed by atoms with Crippen LogP contribution in [-0.2, 0) is 10.4 Å². The molecule has 1 aliphatic heterocycles. The van der Waals surface area contributed by atoms with Gasteiger partial charge in [-0.1, -0.05) is 17.7 Å². The number of ketones is 1. The lowest BCUT2D eigenvalue weighted by Gasteiger charge is -2.20. The molecule has 3 rings (SSSR count). The van der Waals surface area contributed by atoms with E-state index in [4.69, 9.17) is 4.42 Å². The molecule has 1 aliphatic rings. The van der Waals surface area contributed by atoms with E-state index in [1.165, 1.54) is 12.3 Å². The van der Waals surface area contributed by atoms with E-state index in [0.717, 1.165) is 11.1 Å². The summed E-state index contributed by atoms with van der Waals surface area (Å²) in [6, 6.07) is 6.75. The van der Waals surface area contributed by atoms with Gasteiger partial charge in [0, 0.05) is 5.56 Å². The van der Waals surface area contributed by atoms with Gasteiger partial charge in [0.1, 0.15) is 0 Å². The Morgan fingerprint density at radius 1 is 1.38 bits per heavy atom. The van der Waals surface area contributed by atoms with Gasteiger partial charge < -0.3 is 14.8 Å². The van der Waals surface area contributed by atoms with Gasteiger partial charge in [0.2, 0.25) is 5.78 Å². The van der Waals surface area contributed by atoms with E-state index in [9.17, 15) is 14.7 Å². The van der Waals surface area contributed by atoms with E-state index in [2.05, 4.69) is 5.32 Å². The first-order valence-electron chi connectivity index (χ1n) is 6.64. The fourth-order valence-electron chi connectivity index (χ4n) is 2.73. The Morgan fingerprint density at radius 3 is 2.81 bits per heavy atom. The molecule has 0 saturated carbocycles. The Hall–Kier alpha value is -2.40. The van der Waals surface area contributed by atoms with Crippen LogP contribution in [0.25, 0.3) is 0 Å². The second kappa shape index (κ2) is 4.56. The summed E-state index contributed by atoms with van der Waals surface area (Å²) in [7, 11) is 0. The SMILES string of the molecule is Cc1cc(C)c2c(c1)[C@](O)(CC(=O)c1ccco1)C(=O)N2. The number of carbonyl (C=O) groups is 2. The van der Waals surface area contributed by atoms with Crippen molar-refractivity contribution in [3.8, 4) is 0 Å². The lowest BCUT2D eigenvalue weighted by molar-refractivity contribution is -0.133. The van der Waals surface area contributed by atoms with Crippen molar-refractivity contribution in [2.24, 2.45) is 0 Å². The molecule has 0 aliphatic carbocycles. The van der Waals surface area contributed by atoms with Crippen molar-refractivity contribution < 1.29 is 19.1 Å². The monoisotopic (exact) mass is 285 g/mol. The second-order valence-corrected chi connectivity index (χ2v) is 5.40. The summed E-state index contributed by atoms with van der Waals surface area (Å²) in [6.07, 6.45) is 1.04. The van der Waals surface area contributed by atoms with Crippen LogP contribution in [0.5, 0.6) is 0 Å². The molecule has 108 valence electrons. The number of benzene rings is 1. The van der Waals surface area contributed by atoms with Crippen molar-refractivity contribution in [1.29, 1.82) is 0 Å². The molecule has 0 saturated heterocycles. The van der Waals surface area contributed by atoms with Gasteiger partial charge in [-0.05, 0) is 31.5 Å². The summed E-state index contributed by atoms with van der Waals surface area (Å²) in [5, 5.41) is 13.4. The molecule has 2 aromatic rings. The third-order valence-corrected chi connectivity index (χ3v) is 3.75. The maximum absolute atomic E-state index is 12.2. The number of anilines is 1. The van der Waals surface area contributed by atoms with Gasteiger partial charge in [-0.2, -0.15) is 0 Å². The highest BCUT2D eigenvalue weighted by atomic mass is 16.3. The summed E-state index contributed by atoms with van der Waals surface area (Å²) < 4.78 is 5.03. The Bertz CT molecular complexity index is 733. The zero-order valence-electron chi connectivity index (χ0n) is 11.8. The Morgan fingerprint density at radius 2 is 2.14 bits per heavy atom. The van der Waals surface area contributed by atoms with E-state index in [1.807, 2.05) is 19.9 Å². The molecule has 5 heteroatoms. The number of furan rings is 1. The molecule has 1 atom stereocenters. The third-order valence-electron chi connectivity index (χ3n) is 3.75. The maximum Gasteiger partial charge on any atom is 0.261 e. The van der Waals surface area contributed by atoms with Crippen molar-refractivity contribution in [1.82, 2.24) is 0 Å². The molecule has 0 radical (unpaired) electrons. The van der Waals surface area contributed by atoms with Crippen molar-refractivity contribution in [2.45, 2.75) is 25.9 Å². The molecule has 2 N–H and O–H groups in total. The van der Waals surface area contributed by atoms with Crippen LogP contribution in [0.1, 0.15) is 33.7 Å². The van der Waals surface area contributed by atoms with Crippen LogP contribution in [0.4, 0.5) is 5.69 Å². The minimum Gasteiger partial charge on any atom is -0.461 e. The molecule has 0 unspecified atom stereocenters. The highest BCUT2D eigenvalue weighted by Crippen LogP contribution is 2.41. The van der Waals surface area contributed by atoms with E-state index in [-0.39, 0.29) is 12.2 Å². The average molecular weight is 285 g/mol. The van der Waals surface area contributed by atoms with Crippen molar-refractivity contribution in [3.05, 3.63) is 53.0 Å². The number of rotatable bonds is 3. The topological polar surface area (TPSA) is 79.5 Å². The van der Waals surface area contributed by atoms with Crippen LogP contribution in [-0.4, -0.2) is 16.8 Å². The van der Waals surface area contributed by atoms with Gasteiger partial charge in [-0.25, -0.2) is 0 Å². The molecule has 1 amide bonds. The van der Waals surface area contributed by atoms with Crippen LogP contribution in [0, 0.1) is 13.8 Å². The number of aliphatic hydroxyl groups is 1. The van der Waals surface area contributed by atoms with Crippen LogP contribution in [0.2, 0.25) is 0 Å².